The fraction of sp³-hybridized carbons (Fsp3) is 0.455. The Labute approximate surface area is 164 Å². The van der Waals surface area contributed by atoms with Crippen LogP contribution in [0.2, 0.25) is 0 Å². The molecule has 0 radical (unpaired) electrons. The minimum Gasteiger partial charge on any atom is -0.337 e. The SMILES string of the molecule is CN1CC(c2ccccc2)CC2(CCN(C(=O)c3ncc(F)cc3F)CC2)C1. The van der Waals surface area contributed by atoms with Crippen LogP contribution in [0.4, 0.5) is 8.78 Å². The number of rotatable bonds is 2. The molecule has 0 N–H and O–H groups in total. The summed E-state index contributed by atoms with van der Waals surface area (Å²) in [6.45, 7) is 3.21. The van der Waals surface area contributed by atoms with Crippen LogP contribution >= 0.6 is 0 Å². The van der Waals surface area contributed by atoms with E-state index < -0.39 is 17.5 Å². The van der Waals surface area contributed by atoms with Gasteiger partial charge in [0.15, 0.2) is 11.5 Å². The summed E-state index contributed by atoms with van der Waals surface area (Å²) >= 11 is 0. The maximum atomic E-state index is 13.9. The zero-order chi connectivity index (χ0) is 19.7. The Morgan fingerprint density at radius 1 is 1.18 bits per heavy atom. The van der Waals surface area contributed by atoms with E-state index in [1.807, 2.05) is 6.07 Å². The van der Waals surface area contributed by atoms with Gasteiger partial charge in [-0.15, -0.1) is 0 Å². The van der Waals surface area contributed by atoms with Crippen LogP contribution in [0.15, 0.2) is 42.6 Å². The highest BCUT2D eigenvalue weighted by molar-refractivity contribution is 5.92. The number of likely N-dealkylation sites (tertiary alicyclic amines) is 2. The first-order valence-electron chi connectivity index (χ1n) is 9.80. The molecule has 1 atom stereocenters. The molecule has 6 heteroatoms. The zero-order valence-electron chi connectivity index (χ0n) is 16.1. The van der Waals surface area contributed by atoms with E-state index in [2.05, 4.69) is 41.2 Å². The molecule has 2 saturated heterocycles. The summed E-state index contributed by atoms with van der Waals surface area (Å²) in [5.74, 6) is -1.63. The molecule has 1 spiro atoms. The summed E-state index contributed by atoms with van der Waals surface area (Å²) in [6.07, 6.45) is 3.76. The number of carbonyl (C=O) groups excluding carboxylic acids is 1. The zero-order valence-corrected chi connectivity index (χ0v) is 16.1. The van der Waals surface area contributed by atoms with Crippen LogP contribution in [0.1, 0.15) is 41.2 Å². The molecule has 0 saturated carbocycles. The van der Waals surface area contributed by atoms with Gasteiger partial charge in [0.05, 0.1) is 6.20 Å². The summed E-state index contributed by atoms with van der Waals surface area (Å²) in [5, 5.41) is 0. The van der Waals surface area contributed by atoms with Crippen LogP contribution in [0, 0.1) is 17.0 Å². The molecule has 2 aliphatic rings. The van der Waals surface area contributed by atoms with Crippen LogP contribution in [0.3, 0.4) is 0 Å². The number of likely N-dealkylation sites (N-methyl/N-ethyl adjacent to an activating group) is 1. The molecule has 4 rings (SSSR count). The summed E-state index contributed by atoms with van der Waals surface area (Å²) in [5.41, 5.74) is 1.24. The maximum absolute atomic E-state index is 13.9. The summed E-state index contributed by atoms with van der Waals surface area (Å²) in [4.78, 5) is 20.4. The van der Waals surface area contributed by atoms with E-state index in [4.69, 9.17) is 0 Å². The first-order chi connectivity index (χ1) is 13.5. The number of aromatic nitrogens is 1. The number of piperidine rings is 2. The van der Waals surface area contributed by atoms with E-state index in [9.17, 15) is 13.6 Å². The minimum atomic E-state index is -0.896. The molecular formula is C22H25F2N3O. The van der Waals surface area contributed by atoms with Crippen molar-refractivity contribution in [3.05, 3.63) is 65.5 Å². The van der Waals surface area contributed by atoms with E-state index in [1.165, 1.54) is 5.56 Å². The van der Waals surface area contributed by atoms with Gasteiger partial charge in [0, 0.05) is 32.2 Å². The monoisotopic (exact) mass is 385 g/mol. The lowest BCUT2D eigenvalue weighted by molar-refractivity contribution is 0.0219. The highest BCUT2D eigenvalue weighted by Gasteiger charge is 2.42. The Hall–Kier alpha value is -2.34. The van der Waals surface area contributed by atoms with Crippen molar-refractivity contribution in [1.29, 1.82) is 0 Å². The van der Waals surface area contributed by atoms with Crippen molar-refractivity contribution in [2.24, 2.45) is 5.41 Å². The van der Waals surface area contributed by atoms with Gasteiger partial charge in [0.1, 0.15) is 5.82 Å². The smallest absolute Gasteiger partial charge is 0.275 e. The molecule has 1 aromatic carbocycles. The van der Waals surface area contributed by atoms with Crippen molar-refractivity contribution in [2.75, 3.05) is 33.2 Å². The average molecular weight is 385 g/mol. The van der Waals surface area contributed by atoms with Gasteiger partial charge in [-0.25, -0.2) is 13.8 Å². The lowest BCUT2D eigenvalue weighted by Gasteiger charge is -2.49. The van der Waals surface area contributed by atoms with E-state index in [0.717, 1.165) is 38.5 Å². The van der Waals surface area contributed by atoms with E-state index in [0.29, 0.717) is 25.1 Å². The Morgan fingerprint density at radius 3 is 2.57 bits per heavy atom. The number of pyridine rings is 1. The third kappa shape index (κ3) is 3.78. The molecule has 3 heterocycles. The summed E-state index contributed by atoms with van der Waals surface area (Å²) in [6, 6.07) is 11.3. The molecule has 28 heavy (non-hydrogen) atoms. The Bertz CT molecular complexity index is 850. The molecule has 1 unspecified atom stereocenters. The van der Waals surface area contributed by atoms with Gasteiger partial charge in [0.2, 0.25) is 0 Å². The van der Waals surface area contributed by atoms with Gasteiger partial charge >= 0.3 is 0 Å². The van der Waals surface area contributed by atoms with Crippen LogP contribution < -0.4 is 0 Å². The minimum absolute atomic E-state index is 0.166. The second kappa shape index (κ2) is 7.59. The fourth-order valence-electron chi connectivity index (χ4n) is 4.88. The Balaban J connectivity index is 1.45. The standard InChI is InChI=1S/C22H25F2N3O/c1-26-14-17(16-5-3-2-4-6-16)12-22(15-26)7-9-27(10-8-22)21(28)20-19(24)11-18(23)13-25-20/h2-6,11,13,17H,7-10,12,14-15H2,1H3. The van der Waals surface area contributed by atoms with Gasteiger partial charge in [-0.2, -0.15) is 0 Å². The molecule has 1 aromatic heterocycles. The van der Waals surface area contributed by atoms with Crippen LogP contribution in [0.5, 0.6) is 0 Å². The second-order valence-electron chi connectivity index (χ2n) is 8.28. The highest BCUT2D eigenvalue weighted by Crippen LogP contribution is 2.44. The Morgan fingerprint density at radius 2 is 1.89 bits per heavy atom. The molecule has 2 aliphatic heterocycles. The Kier molecular flexibility index (Phi) is 5.15. The van der Waals surface area contributed by atoms with E-state index in [-0.39, 0.29) is 11.1 Å². The van der Waals surface area contributed by atoms with Gasteiger partial charge in [-0.3, -0.25) is 4.79 Å². The molecule has 4 nitrogen and oxygen atoms in total. The van der Waals surface area contributed by atoms with Crippen LogP contribution in [0.25, 0.3) is 0 Å². The maximum Gasteiger partial charge on any atom is 0.275 e. The summed E-state index contributed by atoms with van der Waals surface area (Å²) in [7, 11) is 2.16. The lowest BCUT2D eigenvalue weighted by Crippen LogP contribution is -2.51. The van der Waals surface area contributed by atoms with Crippen molar-refractivity contribution in [3.63, 3.8) is 0 Å². The van der Waals surface area contributed by atoms with Crippen molar-refractivity contribution < 1.29 is 13.6 Å². The molecule has 0 aliphatic carbocycles. The van der Waals surface area contributed by atoms with Crippen LogP contribution in [-0.2, 0) is 0 Å². The predicted molar refractivity (Wildman–Crippen MR) is 103 cm³/mol. The van der Waals surface area contributed by atoms with Crippen molar-refractivity contribution in [1.82, 2.24) is 14.8 Å². The normalized spacial score (nSPS) is 22.4. The number of halogens is 2. The third-order valence-electron chi connectivity index (χ3n) is 6.21. The number of carbonyl (C=O) groups is 1. The van der Waals surface area contributed by atoms with Crippen molar-refractivity contribution >= 4 is 5.91 Å². The summed E-state index contributed by atoms with van der Waals surface area (Å²) < 4.78 is 27.0. The number of nitrogens with zero attached hydrogens (tertiary/aromatic N) is 3. The predicted octanol–water partition coefficient (Wildman–Crippen LogP) is 3.70. The average Bonchev–Trinajstić information content (AvgIpc) is 2.68. The van der Waals surface area contributed by atoms with Crippen molar-refractivity contribution in [2.45, 2.75) is 25.2 Å². The van der Waals surface area contributed by atoms with Crippen LogP contribution in [-0.4, -0.2) is 53.9 Å². The van der Waals surface area contributed by atoms with Crippen molar-refractivity contribution in [3.8, 4) is 0 Å². The molecule has 0 bridgehead atoms. The van der Waals surface area contributed by atoms with E-state index in [1.54, 1.807) is 4.90 Å². The van der Waals surface area contributed by atoms with Gasteiger partial charge in [0.25, 0.3) is 5.91 Å². The molecular weight excluding hydrogens is 360 g/mol. The quantitative estimate of drug-likeness (QED) is 0.791. The molecule has 1 amide bonds. The number of hydrogen-bond donors (Lipinski definition) is 0. The number of benzene rings is 1. The molecule has 148 valence electrons. The van der Waals surface area contributed by atoms with Gasteiger partial charge in [-0.1, -0.05) is 30.3 Å². The number of amides is 1. The largest absolute Gasteiger partial charge is 0.337 e. The van der Waals surface area contributed by atoms with Gasteiger partial charge < -0.3 is 9.80 Å². The van der Waals surface area contributed by atoms with E-state index >= 15 is 0 Å². The number of hydrogen-bond acceptors (Lipinski definition) is 3. The highest BCUT2D eigenvalue weighted by atomic mass is 19.1. The fourth-order valence-corrected chi connectivity index (χ4v) is 4.88. The first-order valence-corrected chi connectivity index (χ1v) is 9.80. The second-order valence-corrected chi connectivity index (χ2v) is 8.28. The topological polar surface area (TPSA) is 36.4 Å². The molecule has 2 fully saturated rings. The lowest BCUT2D eigenvalue weighted by atomic mass is 9.68. The first kappa shape index (κ1) is 19.0. The molecule has 2 aromatic rings. The van der Waals surface area contributed by atoms with Gasteiger partial charge in [-0.05, 0) is 43.2 Å². The third-order valence-corrected chi connectivity index (χ3v) is 6.21.